The largest absolute Gasteiger partial charge is 0.481 e. The molecule has 0 bridgehead atoms. The van der Waals surface area contributed by atoms with Crippen molar-refractivity contribution < 1.29 is 29.0 Å². The number of ketones is 2. The fraction of sp³-hybridized carbons (Fsp3) is 0.739. The maximum atomic E-state index is 12.8. The van der Waals surface area contributed by atoms with Crippen molar-refractivity contribution in [2.75, 3.05) is 0 Å². The first-order valence-corrected chi connectivity index (χ1v) is 10.8. The number of rotatable bonds is 4. The Morgan fingerprint density at radius 1 is 1.10 bits per heavy atom. The third-order valence-electron chi connectivity index (χ3n) is 8.41. The van der Waals surface area contributed by atoms with Crippen molar-refractivity contribution in [3.8, 4) is 0 Å². The first-order chi connectivity index (χ1) is 13.6. The third-order valence-corrected chi connectivity index (χ3v) is 8.41. The summed E-state index contributed by atoms with van der Waals surface area (Å²) in [5.41, 5.74) is 0.484. The summed E-state index contributed by atoms with van der Waals surface area (Å²) in [6, 6.07) is 0. The highest BCUT2D eigenvalue weighted by Gasteiger charge is 2.63. The Morgan fingerprint density at radius 2 is 1.86 bits per heavy atom. The molecule has 6 unspecified atom stereocenters. The molecule has 4 aliphatic rings. The normalized spacial score (nSPS) is 41.1. The van der Waals surface area contributed by atoms with Gasteiger partial charge in [-0.1, -0.05) is 19.4 Å². The number of carboxylic acid groups (broad SMARTS) is 1. The molecule has 1 N–H and O–H groups in total. The average Bonchev–Trinajstić information content (AvgIpc) is 2.95. The van der Waals surface area contributed by atoms with E-state index in [0.717, 1.165) is 31.3 Å². The smallest absolute Gasteiger partial charge is 0.306 e. The van der Waals surface area contributed by atoms with E-state index in [9.17, 15) is 19.2 Å². The summed E-state index contributed by atoms with van der Waals surface area (Å²) in [5.74, 6) is -0.441. The van der Waals surface area contributed by atoms with Crippen LogP contribution in [-0.4, -0.2) is 34.7 Å². The van der Waals surface area contributed by atoms with Crippen LogP contribution in [-0.2, 0) is 23.9 Å². The maximum absolute atomic E-state index is 12.8. The van der Waals surface area contributed by atoms with E-state index in [-0.39, 0.29) is 41.7 Å². The molecule has 4 rings (SSSR count). The zero-order chi connectivity index (χ0) is 21.0. The first-order valence-electron chi connectivity index (χ1n) is 10.8. The first kappa shape index (κ1) is 20.3. The Morgan fingerprint density at radius 3 is 2.59 bits per heavy atom. The average molecular weight is 402 g/mol. The fourth-order valence-electron chi connectivity index (χ4n) is 6.97. The van der Waals surface area contributed by atoms with Crippen molar-refractivity contribution in [3.63, 3.8) is 0 Å². The molecule has 0 aromatic carbocycles. The number of allylic oxidation sites excluding steroid dienone is 1. The number of esters is 1. The second kappa shape index (κ2) is 7.06. The summed E-state index contributed by atoms with van der Waals surface area (Å²) in [7, 11) is 0. The number of ether oxygens (including phenoxy) is 1. The summed E-state index contributed by atoms with van der Waals surface area (Å²) in [5, 5.41) is 8.88. The summed E-state index contributed by atoms with van der Waals surface area (Å²) in [6.07, 6.45) is 6.00. The minimum absolute atomic E-state index is 0.0772. The molecule has 158 valence electrons. The Hall–Kier alpha value is -1.98. The highest BCUT2D eigenvalue weighted by Crippen LogP contribution is 2.64. The predicted octanol–water partition coefficient (Wildman–Crippen LogP) is 3.47. The molecular formula is C23H30O6. The Bertz CT molecular complexity index is 797. The number of carboxylic acids is 1. The van der Waals surface area contributed by atoms with Crippen molar-refractivity contribution in [1.29, 1.82) is 0 Å². The van der Waals surface area contributed by atoms with E-state index in [2.05, 4.69) is 6.92 Å². The van der Waals surface area contributed by atoms with Gasteiger partial charge < -0.3 is 9.84 Å². The zero-order valence-electron chi connectivity index (χ0n) is 17.2. The molecule has 0 aliphatic heterocycles. The van der Waals surface area contributed by atoms with Crippen LogP contribution in [0.3, 0.4) is 0 Å². The van der Waals surface area contributed by atoms with Gasteiger partial charge in [-0.3, -0.25) is 19.2 Å². The van der Waals surface area contributed by atoms with E-state index in [1.54, 1.807) is 6.08 Å². The van der Waals surface area contributed by atoms with Crippen LogP contribution in [0.4, 0.5) is 0 Å². The van der Waals surface area contributed by atoms with Crippen molar-refractivity contribution in [2.24, 2.45) is 28.6 Å². The van der Waals surface area contributed by atoms with Crippen LogP contribution in [0, 0.1) is 28.6 Å². The molecule has 3 fully saturated rings. The highest BCUT2D eigenvalue weighted by molar-refractivity contribution is 5.92. The molecule has 0 heterocycles. The number of carbonyl (C=O) groups is 4. The van der Waals surface area contributed by atoms with Crippen LogP contribution in [0.5, 0.6) is 0 Å². The second-order valence-corrected chi connectivity index (χ2v) is 9.89. The van der Waals surface area contributed by atoms with Crippen LogP contribution < -0.4 is 0 Å². The summed E-state index contributed by atoms with van der Waals surface area (Å²) >= 11 is 0. The number of carbonyl (C=O) groups excluding carboxylic acids is 3. The van der Waals surface area contributed by atoms with Crippen molar-refractivity contribution in [3.05, 3.63) is 11.6 Å². The van der Waals surface area contributed by atoms with Gasteiger partial charge in [0.1, 0.15) is 11.9 Å². The van der Waals surface area contributed by atoms with E-state index >= 15 is 0 Å². The maximum Gasteiger partial charge on any atom is 0.306 e. The molecule has 4 aliphatic carbocycles. The van der Waals surface area contributed by atoms with Crippen molar-refractivity contribution in [2.45, 2.75) is 77.7 Å². The molecule has 29 heavy (non-hydrogen) atoms. The minimum Gasteiger partial charge on any atom is -0.481 e. The van der Waals surface area contributed by atoms with E-state index in [4.69, 9.17) is 9.84 Å². The van der Waals surface area contributed by atoms with Crippen molar-refractivity contribution in [1.82, 2.24) is 0 Å². The lowest BCUT2D eigenvalue weighted by Gasteiger charge is -2.59. The van der Waals surface area contributed by atoms with Gasteiger partial charge in [0.25, 0.3) is 0 Å². The van der Waals surface area contributed by atoms with Crippen molar-refractivity contribution >= 4 is 23.5 Å². The Labute approximate surface area is 171 Å². The SMILES string of the molecule is CC12CC(OC(=O)CCC(=O)O)C3C(CCC4=CC(=O)CCC43C)C1CCC2=O. The van der Waals surface area contributed by atoms with E-state index in [1.807, 2.05) is 6.92 Å². The van der Waals surface area contributed by atoms with Gasteiger partial charge in [0, 0.05) is 24.2 Å². The topological polar surface area (TPSA) is 97.7 Å². The number of Topliss-reactive ketones (excluding diaryl/α,β-unsaturated/α-hetero) is 1. The van der Waals surface area contributed by atoms with Gasteiger partial charge in [0.15, 0.2) is 5.78 Å². The molecular weight excluding hydrogens is 372 g/mol. The molecule has 6 heteroatoms. The van der Waals surface area contributed by atoms with Gasteiger partial charge in [-0.05, 0) is 55.4 Å². The van der Waals surface area contributed by atoms with Crippen LogP contribution in [0.15, 0.2) is 11.6 Å². The highest BCUT2D eigenvalue weighted by atomic mass is 16.5. The molecule has 0 saturated heterocycles. The quantitative estimate of drug-likeness (QED) is 0.723. The van der Waals surface area contributed by atoms with E-state index in [1.165, 1.54) is 0 Å². The Balaban J connectivity index is 1.68. The van der Waals surface area contributed by atoms with Gasteiger partial charge in [-0.25, -0.2) is 0 Å². The molecule has 0 aromatic heterocycles. The molecule has 6 nitrogen and oxygen atoms in total. The monoisotopic (exact) mass is 402 g/mol. The molecule has 0 radical (unpaired) electrons. The summed E-state index contributed by atoms with van der Waals surface area (Å²) in [4.78, 5) is 48.1. The van der Waals surface area contributed by atoms with E-state index < -0.39 is 23.5 Å². The predicted molar refractivity (Wildman–Crippen MR) is 104 cm³/mol. The summed E-state index contributed by atoms with van der Waals surface area (Å²) < 4.78 is 5.91. The van der Waals surface area contributed by atoms with Crippen LogP contribution >= 0.6 is 0 Å². The van der Waals surface area contributed by atoms with Gasteiger partial charge in [-0.2, -0.15) is 0 Å². The Kier molecular flexibility index (Phi) is 4.94. The molecule has 3 saturated carbocycles. The molecule has 0 spiro atoms. The lowest BCUT2D eigenvalue weighted by molar-refractivity contribution is -0.177. The molecule has 6 atom stereocenters. The van der Waals surface area contributed by atoms with Gasteiger partial charge in [0.2, 0.25) is 0 Å². The number of hydrogen-bond acceptors (Lipinski definition) is 5. The van der Waals surface area contributed by atoms with Gasteiger partial charge in [0.05, 0.1) is 12.8 Å². The second-order valence-electron chi connectivity index (χ2n) is 9.89. The van der Waals surface area contributed by atoms with Crippen LogP contribution in [0.1, 0.15) is 71.6 Å². The zero-order valence-corrected chi connectivity index (χ0v) is 17.2. The standard InChI is InChI=1S/C23H30O6/c1-22-10-9-14(24)11-13(22)3-4-15-16-5-6-18(25)23(16,2)12-17(21(15)22)29-20(28)8-7-19(26)27/h11,15-17,21H,3-10,12H2,1-2H3,(H,26,27). The minimum atomic E-state index is -1.03. The fourth-order valence-corrected chi connectivity index (χ4v) is 6.97. The van der Waals surface area contributed by atoms with Crippen LogP contribution in [0.25, 0.3) is 0 Å². The number of fused-ring (bicyclic) bond motifs is 5. The number of aliphatic carboxylic acids is 1. The van der Waals surface area contributed by atoms with Crippen LogP contribution in [0.2, 0.25) is 0 Å². The lowest BCUT2D eigenvalue weighted by atomic mass is 9.46. The number of hydrogen-bond donors (Lipinski definition) is 1. The van der Waals surface area contributed by atoms with Gasteiger partial charge >= 0.3 is 11.9 Å². The lowest BCUT2D eigenvalue weighted by Crippen LogP contribution is -2.57. The summed E-state index contributed by atoms with van der Waals surface area (Å²) in [6.45, 7) is 4.22. The molecule has 0 amide bonds. The van der Waals surface area contributed by atoms with Gasteiger partial charge in [-0.15, -0.1) is 0 Å². The van der Waals surface area contributed by atoms with E-state index in [0.29, 0.717) is 25.2 Å². The molecule has 0 aromatic rings. The third kappa shape index (κ3) is 3.24.